The highest BCUT2D eigenvalue weighted by molar-refractivity contribution is 7.89. The molecule has 122 valence electrons. The monoisotopic (exact) mass is 335 g/mol. The third-order valence-corrected chi connectivity index (χ3v) is 5.23. The number of hydrogen-bond donors (Lipinski definition) is 1. The van der Waals surface area contributed by atoms with Gasteiger partial charge in [-0.2, -0.15) is 5.10 Å². The lowest BCUT2D eigenvalue weighted by atomic mass is 10.3. The maximum atomic E-state index is 12.5. The molecular weight excluding hydrogens is 318 g/mol. The van der Waals surface area contributed by atoms with Crippen LogP contribution in [0, 0.1) is 13.8 Å². The minimum atomic E-state index is -3.66. The van der Waals surface area contributed by atoms with Crippen LogP contribution in [0.5, 0.6) is 0 Å². The molecule has 0 aliphatic heterocycles. The molecule has 0 atom stereocenters. The molecule has 1 N–H and O–H groups in total. The molecule has 23 heavy (non-hydrogen) atoms. The van der Waals surface area contributed by atoms with Crippen LogP contribution in [0.15, 0.2) is 44.3 Å². The summed E-state index contributed by atoms with van der Waals surface area (Å²) >= 11 is 0. The highest BCUT2D eigenvalue weighted by Gasteiger charge is 2.23. The van der Waals surface area contributed by atoms with Crippen molar-refractivity contribution in [2.75, 3.05) is 0 Å². The van der Waals surface area contributed by atoms with Gasteiger partial charge >= 0.3 is 0 Å². The Morgan fingerprint density at radius 3 is 2.61 bits per heavy atom. The summed E-state index contributed by atoms with van der Waals surface area (Å²) in [6.45, 7) is 3.44. The number of sulfonamides is 1. The topological polar surface area (TPSA) is 90.3 Å². The second kappa shape index (κ2) is 5.71. The number of nitrogens with one attached hydrogen (secondary N) is 1. The van der Waals surface area contributed by atoms with Crippen LogP contribution in [0.3, 0.4) is 0 Å². The van der Waals surface area contributed by atoms with Crippen LogP contribution < -0.4 is 4.72 Å². The summed E-state index contributed by atoms with van der Waals surface area (Å²) in [5.74, 6) is 1.65. The third-order valence-electron chi connectivity index (χ3n) is 3.57. The van der Waals surface area contributed by atoms with Gasteiger partial charge in [0.05, 0.1) is 24.2 Å². The fourth-order valence-electron chi connectivity index (χ4n) is 2.41. The van der Waals surface area contributed by atoms with E-state index in [-0.39, 0.29) is 11.4 Å². The molecule has 0 aromatic carbocycles. The molecule has 0 saturated carbocycles. The zero-order valence-electron chi connectivity index (χ0n) is 13.0. The van der Waals surface area contributed by atoms with Gasteiger partial charge in [-0.25, -0.2) is 13.1 Å². The van der Waals surface area contributed by atoms with E-state index in [9.17, 15) is 8.42 Å². The van der Waals surface area contributed by atoms with Crippen molar-refractivity contribution in [3.63, 3.8) is 0 Å². The van der Waals surface area contributed by atoms with E-state index in [1.807, 2.05) is 0 Å². The van der Waals surface area contributed by atoms with E-state index in [0.717, 1.165) is 0 Å². The van der Waals surface area contributed by atoms with Crippen molar-refractivity contribution in [1.82, 2.24) is 14.5 Å². The van der Waals surface area contributed by atoms with Crippen LogP contribution in [0.4, 0.5) is 0 Å². The highest BCUT2D eigenvalue weighted by Crippen LogP contribution is 2.23. The van der Waals surface area contributed by atoms with Crippen molar-refractivity contribution in [3.8, 4) is 11.5 Å². The molecule has 0 amide bonds. The molecule has 3 aromatic heterocycles. The molecule has 0 unspecified atom stereocenters. The average molecular weight is 335 g/mol. The number of furan rings is 2. The fourth-order valence-corrected chi connectivity index (χ4v) is 3.83. The van der Waals surface area contributed by atoms with Gasteiger partial charge in [0.15, 0.2) is 11.5 Å². The molecule has 0 aliphatic carbocycles. The standard InChI is InChI=1S/C15H17N3O4S/c1-10-15(11(2)18(3)17-10)23(19,20)16-9-12-6-7-14(22-12)13-5-4-8-21-13/h4-8,16H,9H2,1-3H3. The van der Waals surface area contributed by atoms with Crippen molar-refractivity contribution in [2.45, 2.75) is 25.3 Å². The maximum absolute atomic E-state index is 12.5. The van der Waals surface area contributed by atoms with Crippen molar-refractivity contribution < 1.29 is 17.3 Å². The Kier molecular flexibility index (Phi) is 3.87. The van der Waals surface area contributed by atoms with Gasteiger partial charge in [-0.1, -0.05) is 0 Å². The SMILES string of the molecule is Cc1nn(C)c(C)c1S(=O)(=O)NCc1ccc(-c2ccco2)o1. The Bertz CT molecular complexity index is 920. The highest BCUT2D eigenvalue weighted by atomic mass is 32.2. The fraction of sp³-hybridized carbons (Fsp3) is 0.267. The van der Waals surface area contributed by atoms with E-state index in [2.05, 4.69) is 9.82 Å². The van der Waals surface area contributed by atoms with Crippen LogP contribution in [0.25, 0.3) is 11.5 Å². The minimum absolute atomic E-state index is 0.0524. The number of aryl methyl sites for hydroxylation is 2. The molecule has 0 spiro atoms. The molecule has 0 aliphatic rings. The maximum Gasteiger partial charge on any atom is 0.244 e. The first-order chi connectivity index (χ1) is 10.9. The lowest BCUT2D eigenvalue weighted by molar-refractivity contribution is 0.485. The van der Waals surface area contributed by atoms with Gasteiger partial charge < -0.3 is 8.83 Å². The molecule has 0 bridgehead atoms. The van der Waals surface area contributed by atoms with Gasteiger partial charge in [0.2, 0.25) is 10.0 Å². The smallest absolute Gasteiger partial charge is 0.244 e. The van der Waals surface area contributed by atoms with Gasteiger partial charge in [-0.05, 0) is 38.1 Å². The first-order valence-electron chi connectivity index (χ1n) is 7.01. The van der Waals surface area contributed by atoms with E-state index in [0.29, 0.717) is 28.7 Å². The summed E-state index contributed by atoms with van der Waals surface area (Å²) in [6, 6.07) is 6.98. The predicted octanol–water partition coefficient (Wildman–Crippen LogP) is 2.37. The first kappa shape index (κ1) is 15.6. The zero-order chi connectivity index (χ0) is 16.6. The number of hydrogen-bond acceptors (Lipinski definition) is 5. The summed E-state index contributed by atoms with van der Waals surface area (Å²) in [6.07, 6.45) is 1.55. The van der Waals surface area contributed by atoms with Gasteiger partial charge in [-0.15, -0.1) is 0 Å². The van der Waals surface area contributed by atoms with Gasteiger partial charge in [0.25, 0.3) is 0 Å². The van der Waals surface area contributed by atoms with E-state index in [4.69, 9.17) is 8.83 Å². The molecular formula is C15H17N3O4S. The van der Waals surface area contributed by atoms with E-state index in [1.165, 1.54) is 0 Å². The normalized spacial score (nSPS) is 12.0. The molecule has 7 nitrogen and oxygen atoms in total. The summed E-state index contributed by atoms with van der Waals surface area (Å²) < 4.78 is 39.9. The second-order valence-electron chi connectivity index (χ2n) is 5.19. The van der Waals surface area contributed by atoms with Crippen molar-refractivity contribution >= 4 is 10.0 Å². The molecule has 0 fully saturated rings. The van der Waals surface area contributed by atoms with Gasteiger partial charge in [0, 0.05) is 7.05 Å². The Labute approximate surface area is 134 Å². The van der Waals surface area contributed by atoms with Gasteiger partial charge in [0.1, 0.15) is 10.7 Å². The second-order valence-corrected chi connectivity index (χ2v) is 6.90. The average Bonchev–Trinajstić information content (AvgIpc) is 3.19. The molecule has 3 rings (SSSR count). The third kappa shape index (κ3) is 2.95. The van der Waals surface area contributed by atoms with Crippen molar-refractivity contribution in [1.29, 1.82) is 0 Å². The van der Waals surface area contributed by atoms with Gasteiger partial charge in [-0.3, -0.25) is 4.68 Å². The van der Waals surface area contributed by atoms with E-state index >= 15 is 0 Å². The predicted molar refractivity (Wildman–Crippen MR) is 83.1 cm³/mol. The lowest BCUT2D eigenvalue weighted by Gasteiger charge is -2.05. The molecule has 3 aromatic rings. The van der Waals surface area contributed by atoms with Crippen LogP contribution in [0.2, 0.25) is 0 Å². The van der Waals surface area contributed by atoms with E-state index < -0.39 is 10.0 Å². The van der Waals surface area contributed by atoms with Crippen molar-refractivity contribution in [2.24, 2.45) is 7.05 Å². The summed E-state index contributed by atoms with van der Waals surface area (Å²) in [7, 11) is -1.95. The number of aromatic nitrogens is 2. The van der Waals surface area contributed by atoms with Crippen LogP contribution in [-0.4, -0.2) is 18.2 Å². The quantitative estimate of drug-likeness (QED) is 0.773. The zero-order valence-corrected chi connectivity index (χ0v) is 13.8. The number of nitrogens with zero attached hydrogens (tertiary/aromatic N) is 2. The van der Waals surface area contributed by atoms with Crippen LogP contribution >= 0.6 is 0 Å². The van der Waals surface area contributed by atoms with E-state index in [1.54, 1.807) is 56.1 Å². The Morgan fingerprint density at radius 2 is 2.00 bits per heavy atom. The molecule has 3 heterocycles. The first-order valence-corrected chi connectivity index (χ1v) is 8.49. The Hall–Kier alpha value is -2.32. The Balaban J connectivity index is 1.77. The van der Waals surface area contributed by atoms with Crippen LogP contribution in [-0.2, 0) is 23.6 Å². The largest absolute Gasteiger partial charge is 0.461 e. The molecule has 0 radical (unpaired) electrons. The van der Waals surface area contributed by atoms with Crippen molar-refractivity contribution in [3.05, 3.63) is 47.7 Å². The summed E-state index contributed by atoms with van der Waals surface area (Å²) in [4.78, 5) is 0.206. The number of rotatable bonds is 5. The molecule has 0 saturated heterocycles. The minimum Gasteiger partial charge on any atom is -0.461 e. The van der Waals surface area contributed by atoms with Crippen LogP contribution in [0.1, 0.15) is 17.1 Å². The Morgan fingerprint density at radius 1 is 1.22 bits per heavy atom. The summed E-state index contributed by atoms with van der Waals surface area (Å²) in [5, 5.41) is 4.13. The summed E-state index contributed by atoms with van der Waals surface area (Å²) in [5.41, 5.74) is 1.05. The lowest BCUT2D eigenvalue weighted by Crippen LogP contribution is -2.24. The molecule has 8 heteroatoms.